The van der Waals surface area contributed by atoms with Crippen molar-refractivity contribution in [1.29, 1.82) is 0 Å². The van der Waals surface area contributed by atoms with Crippen LogP contribution in [0.15, 0.2) is 0 Å². The van der Waals surface area contributed by atoms with Crippen molar-refractivity contribution < 1.29 is 47.6 Å². The van der Waals surface area contributed by atoms with E-state index in [4.69, 9.17) is 28.4 Å². The third-order valence-electron chi connectivity index (χ3n) is 11.5. The molecule has 298 valence electrons. The summed E-state index contributed by atoms with van der Waals surface area (Å²) >= 11 is 0. The molecule has 52 heavy (non-hydrogen) atoms. The Balaban J connectivity index is 0.932. The Morgan fingerprint density at radius 2 is 0.577 bits per heavy atom. The van der Waals surface area contributed by atoms with Crippen molar-refractivity contribution in [2.45, 2.75) is 192 Å². The van der Waals surface area contributed by atoms with E-state index in [1.807, 2.05) is 0 Å². The molecule has 0 amide bonds. The van der Waals surface area contributed by atoms with Gasteiger partial charge >= 0.3 is 23.9 Å². The van der Waals surface area contributed by atoms with Crippen LogP contribution in [-0.4, -0.2) is 74.7 Å². The minimum atomic E-state index is -0.451. The predicted molar refractivity (Wildman–Crippen MR) is 197 cm³/mol. The first-order valence-corrected chi connectivity index (χ1v) is 21.4. The second-order valence-electron chi connectivity index (χ2n) is 15.8. The molecule has 0 radical (unpaired) electrons. The average Bonchev–Trinajstić information content (AvgIpc) is 4.08. The average molecular weight is 735 g/mol. The molecule has 2 aliphatic heterocycles. The topological polar surface area (TPSA) is 130 Å². The van der Waals surface area contributed by atoms with E-state index in [-0.39, 0.29) is 48.3 Å². The largest absolute Gasteiger partial charge is 0.465 e. The molecule has 2 saturated heterocycles. The molecule has 0 spiro atoms. The van der Waals surface area contributed by atoms with Crippen molar-refractivity contribution in [2.24, 2.45) is 23.7 Å². The Bertz CT molecular complexity index is 981. The highest BCUT2D eigenvalue weighted by Crippen LogP contribution is 2.45. The highest BCUT2D eigenvalue weighted by atomic mass is 16.6. The van der Waals surface area contributed by atoms with Gasteiger partial charge in [0.15, 0.2) is 0 Å². The van der Waals surface area contributed by atoms with Gasteiger partial charge in [-0.05, 0) is 51.4 Å². The summed E-state index contributed by atoms with van der Waals surface area (Å²) in [6.45, 7) is 5.97. The quantitative estimate of drug-likeness (QED) is 0.0319. The highest BCUT2D eigenvalue weighted by Gasteiger charge is 2.54. The monoisotopic (exact) mass is 734 g/mol. The van der Waals surface area contributed by atoms with Crippen LogP contribution in [0.5, 0.6) is 0 Å². The van der Waals surface area contributed by atoms with Crippen LogP contribution < -0.4 is 0 Å². The molecular formula is C42H70O10. The smallest absolute Gasteiger partial charge is 0.309 e. The molecule has 0 bridgehead atoms. The van der Waals surface area contributed by atoms with Crippen molar-refractivity contribution in [2.75, 3.05) is 26.4 Å². The maximum atomic E-state index is 12.9. The molecule has 10 heteroatoms. The summed E-state index contributed by atoms with van der Waals surface area (Å²) in [5.74, 6) is -2.87. The molecule has 0 aromatic rings. The van der Waals surface area contributed by atoms with Gasteiger partial charge in [0, 0.05) is 0 Å². The fourth-order valence-corrected chi connectivity index (χ4v) is 8.04. The number of fused-ring (bicyclic) bond motifs is 2. The van der Waals surface area contributed by atoms with E-state index in [1.165, 1.54) is 38.5 Å². The lowest BCUT2D eigenvalue weighted by Gasteiger charge is -2.26. The van der Waals surface area contributed by atoms with Crippen LogP contribution >= 0.6 is 0 Å². The number of ether oxygens (including phenoxy) is 6. The van der Waals surface area contributed by atoms with E-state index < -0.39 is 23.7 Å². The lowest BCUT2D eigenvalue weighted by molar-refractivity contribution is -0.162. The molecule has 10 nitrogen and oxygen atoms in total. The van der Waals surface area contributed by atoms with Gasteiger partial charge in [0.1, 0.15) is 0 Å². The second-order valence-corrected chi connectivity index (χ2v) is 15.8. The standard InChI is InChI=1S/C42H70O10/c1-3-5-7-19-23-47-39(43)31-27-35-37(51-35)29-33(31)41(45)49-25-21-17-15-13-11-9-10-12-14-16-18-22-26-50-42(46)34-30-38-36(52-38)28-32(34)40(44)48-24-20-8-6-4-2/h31-38H,3-30H2,1-2H3. The molecule has 0 N–H and O–H groups in total. The molecule has 2 heterocycles. The van der Waals surface area contributed by atoms with E-state index >= 15 is 0 Å². The molecule has 2 aliphatic carbocycles. The van der Waals surface area contributed by atoms with Gasteiger partial charge in [-0.1, -0.05) is 117 Å². The third-order valence-corrected chi connectivity index (χ3v) is 11.5. The molecule has 2 saturated carbocycles. The summed E-state index contributed by atoms with van der Waals surface area (Å²) < 4.78 is 33.6. The minimum absolute atomic E-state index is 0.0921. The van der Waals surface area contributed by atoms with Crippen molar-refractivity contribution >= 4 is 23.9 Å². The molecule has 4 rings (SSSR count). The van der Waals surface area contributed by atoms with E-state index in [0.29, 0.717) is 52.1 Å². The Hall–Kier alpha value is -2.20. The Morgan fingerprint density at radius 3 is 0.808 bits per heavy atom. The van der Waals surface area contributed by atoms with E-state index in [0.717, 1.165) is 89.9 Å². The SMILES string of the molecule is CCCCCCOC(=O)C1CC2OC2CC1C(=O)OCCCCCCCCCCCCCCOC(=O)C1CC2OC2CC1C(=O)OCCCCCC. The summed E-state index contributed by atoms with van der Waals surface area (Å²) in [6, 6.07) is 0. The van der Waals surface area contributed by atoms with Crippen molar-refractivity contribution in [3.05, 3.63) is 0 Å². The Kier molecular flexibility index (Phi) is 19.8. The third kappa shape index (κ3) is 15.3. The first-order valence-electron chi connectivity index (χ1n) is 21.4. The molecular weight excluding hydrogens is 664 g/mol. The maximum Gasteiger partial charge on any atom is 0.309 e. The van der Waals surface area contributed by atoms with Crippen LogP contribution in [0.4, 0.5) is 0 Å². The summed E-state index contributed by atoms with van der Waals surface area (Å²) in [5.41, 5.74) is 0. The zero-order valence-electron chi connectivity index (χ0n) is 32.5. The maximum absolute atomic E-state index is 12.9. The van der Waals surface area contributed by atoms with E-state index in [1.54, 1.807) is 0 Å². The van der Waals surface area contributed by atoms with Gasteiger partial charge in [-0.15, -0.1) is 0 Å². The second kappa shape index (κ2) is 24.3. The van der Waals surface area contributed by atoms with Crippen LogP contribution in [0.2, 0.25) is 0 Å². The zero-order valence-corrected chi connectivity index (χ0v) is 32.5. The number of carbonyl (C=O) groups is 4. The fraction of sp³-hybridized carbons (Fsp3) is 0.905. The van der Waals surface area contributed by atoms with E-state index in [2.05, 4.69) is 13.8 Å². The number of hydrogen-bond donors (Lipinski definition) is 0. The summed E-state index contributed by atoms with van der Waals surface area (Å²) in [5, 5.41) is 0. The number of carbonyl (C=O) groups excluding carboxylic acids is 4. The summed E-state index contributed by atoms with van der Waals surface area (Å²) in [6.07, 6.45) is 24.4. The van der Waals surface area contributed by atoms with E-state index in [9.17, 15) is 19.2 Å². The van der Waals surface area contributed by atoms with Crippen molar-refractivity contribution in [3.63, 3.8) is 0 Å². The fourth-order valence-electron chi connectivity index (χ4n) is 8.04. The van der Waals surface area contributed by atoms with Crippen LogP contribution in [-0.2, 0) is 47.6 Å². The first kappa shape index (κ1) is 42.5. The number of unbranched alkanes of at least 4 members (excludes halogenated alkanes) is 17. The number of esters is 4. The Labute approximate surface area is 313 Å². The zero-order chi connectivity index (χ0) is 37.0. The minimum Gasteiger partial charge on any atom is -0.465 e. The summed E-state index contributed by atoms with van der Waals surface area (Å²) in [7, 11) is 0. The van der Waals surface area contributed by atoms with Gasteiger partial charge < -0.3 is 28.4 Å². The summed E-state index contributed by atoms with van der Waals surface area (Å²) in [4.78, 5) is 51.3. The number of epoxide rings is 2. The molecule has 8 atom stereocenters. The number of rotatable bonds is 29. The molecule has 4 aliphatic rings. The highest BCUT2D eigenvalue weighted by molar-refractivity contribution is 5.83. The Morgan fingerprint density at radius 1 is 0.365 bits per heavy atom. The van der Waals surface area contributed by atoms with Gasteiger partial charge in [0.05, 0.1) is 74.5 Å². The van der Waals surface area contributed by atoms with Gasteiger partial charge in [-0.3, -0.25) is 19.2 Å². The molecule has 0 aromatic heterocycles. The van der Waals surface area contributed by atoms with Crippen LogP contribution in [0.25, 0.3) is 0 Å². The van der Waals surface area contributed by atoms with Gasteiger partial charge in [-0.2, -0.15) is 0 Å². The normalized spacial score (nSPS) is 27.2. The molecule has 4 fully saturated rings. The van der Waals surface area contributed by atoms with Gasteiger partial charge in [0.2, 0.25) is 0 Å². The van der Waals surface area contributed by atoms with Crippen LogP contribution in [0.3, 0.4) is 0 Å². The van der Waals surface area contributed by atoms with Gasteiger partial charge in [-0.25, -0.2) is 0 Å². The van der Waals surface area contributed by atoms with Crippen molar-refractivity contribution in [1.82, 2.24) is 0 Å². The van der Waals surface area contributed by atoms with Crippen molar-refractivity contribution in [3.8, 4) is 0 Å². The van der Waals surface area contributed by atoms with Gasteiger partial charge in [0.25, 0.3) is 0 Å². The number of hydrogen-bond acceptors (Lipinski definition) is 10. The molecule has 8 unspecified atom stereocenters. The lowest BCUT2D eigenvalue weighted by atomic mass is 9.79. The first-order chi connectivity index (χ1) is 25.4. The predicted octanol–water partition coefficient (Wildman–Crippen LogP) is 8.59. The molecule has 0 aromatic carbocycles. The van der Waals surface area contributed by atoms with Crippen LogP contribution in [0, 0.1) is 23.7 Å². The van der Waals surface area contributed by atoms with Crippen LogP contribution in [0.1, 0.15) is 168 Å². The lowest BCUT2D eigenvalue weighted by Crippen LogP contribution is -2.37.